The second kappa shape index (κ2) is 5.70. The molecule has 3 aromatic rings. The molecule has 0 N–H and O–H groups in total. The van der Waals surface area contributed by atoms with Crippen LogP contribution in [0.2, 0.25) is 0 Å². The fourth-order valence-electron chi connectivity index (χ4n) is 3.10. The van der Waals surface area contributed by atoms with Gasteiger partial charge >= 0.3 is 0 Å². The molecule has 0 radical (unpaired) electrons. The van der Waals surface area contributed by atoms with Crippen LogP contribution in [0.3, 0.4) is 0 Å². The fourth-order valence-corrected chi connectivity index (χ4v) is 3.10. The standard InChI is InChI=1S/C19H23N/c1-3-5-8-15-11-12-19-17(14-15)16-9-6-7-10-18(16)20(19)13-4-2/h6-7,9-12,14H,3-5,8,13H2,1-2H3. The molecule has 3 rings (SSSR count). The Balaban J connectivity index is 2.21. The molecule has 104 valence electrons. The predicted molar refractivity (Wildman–Crippen MR) is 88.3 cm³/mol. The number of unbranched alkanes of at least 4 members (excludes halogenated alkanes) is 1. The Hall–Kier alpha value is -1.76. The van der Waals surface area contributed by atoms with Gasteiger partial charge in [0, 0.05) is 28.4 Å². The highest BCUT2D eigenvalue weighted by molar-refractivity contribution is 6.08. The van der Waals surface area contributed by atoms with E-state index in [0.29, 0.717) is 0 Å². The van der Waals surface area contributed by atoms with Crippen molar-refractivity contribution in [1.82, 2.24) is 4.57 Å². The number of fused-ring (bicyclic) bond motifs is 3. The van der Waals surface area contributed by atoms with E-state index >= 15 is 0 Å². The lowest BCUT2D eigenvalue weighted by Crippen LogP contribution is -1.95. The summed E-state index contributed by atoms with van der Waals surface area (Å²) in [4.78, 5) is 0. The van der Waals surface area contributed by atoms with E-state index in [1.807, 2.05) is 0 Å². The first kappa shape index (κ1) is 13.2. The SMILES string of the molecule is CCCCc1ccc2c(c1)c1ccccc1n2CCC. The van der Waals surface area contributed by atoms with E-state index in [2.05, 4.69) is 60.9 Å². The van der Waals surface area contributed by atoms with E-state index in [1.165, 1.54) is 53.1 Å². The van der Waals surface area contributed by atoms with Gasteiger partial charge in [0.25, 0.3) is 0 Å². The van der Waals surface area contributed by atoms with Crippen molar-refractivity contribution in [1.29, 1.82) is 0 Å². The molecule has 0 saturated heterocycles. The zero-order valence-corrected chi connectivity index (χ0v) is 12.5. The maximum Gasteiger partial charge on any atom is 0.0491 e. The second-order valence-corrected chi connectivity index (χ2v) is 5.62. The van der Waals surface area contributed by atoms with Crippen molar-refractivity contribution >= 4 is 21.8 Å². The van der Waals surface area contributed by atoms with Gasteiger partial charge in [-0.25, -0.2) is 0 Å². The third-order valence-corrected chi connectivity index (χ3v) is 4.10. The molecule has 1 heterocycles. The second-order valence-electron chi connectivity index (χ2n) is 5.62. The number of para-hydroxylation sites is 1. The summed E-state index contributed by atoms with van der Waals surface area (Å²) >= 11 is 0. The summed E-state index contributed by atoms with van der Waals surface area (Å²) in [6.07, 6.45) is 4.90. The smallest absolute Gasteiger partial charge is 0.0491 e. The summed E-state index contributed by atoms with van der Waals surface area (Å²) in [6.45, 7) is 5.60. The summed E-state index contributed by atoms with van der Waals surface area (Å²) in [5.41, 5.74) is 4.23. The van der Waals surface area contributed by atoms with Gasteiger partial charge in [-0.15, -0.1) is 0 Å². The highest BCUT2D eigenvalue weighted by atomic mass is 15.0. The Morgan fingerprint density at radius 2 is 1.65 bits per heavy atom. The molecule has 0 aliphatic heterocycles. The van der Waals surface area contributed by atoms with E-state index in [4.69, 9.17) is 0 Å². The minimum Gasteiger partial charge on any atom is -0.340 e. The van der Waals surface area contributed by atoms with Gasteiger partial charge in [0.2, 0.25) is 0 Å². The predicted octanol–water partition coefficient (Wildman–Crippen LogP) is 5.55. The van der Waals surface area contributed by atoms with Gasteiger partial charge in [-0.05, 0) is 43.0 Å². The van der Waals surface area contributed by atoms with Crippen LogP contribution in [0.5, 0.6) is 0 Å². The molecule has 0 unspecified atom stereocenters. The zero-order valence-electron chi connectivity index (χ0n) is 12.5. The maximum atomic E-state index is 2.47. The molecule has 20 heavy (non-hydrogen) atoms. The number of aromatic nitrogens is 1. The Bertz CT molecular complexity index is 721. The summed E-state index contributed by atoms with van der Waals surface area (Å²) in [5.74, 6) is 0. The Morgan fingerprint density at radius 1 is 0.850 bits per heavy atom. The van der Waals surface area contributed by atoms with Crippen LogP contribution in [-0.4, -0.2) is 4.57 Å². The largest absolute Gasteiger partial charge is 0.340 e. The number of benzene rings is 2. The molecule has 0 saturated carbocycles. The Morgan fingerprint density at radius 3 is 2.45 bits per heavy atom. The quantitative estimate of drug-likeness (QED) is 0.570. The van der Waals surface area contributed by atoms with Crippen molar-refractivity contribution in [3.8, 4) is 0 Å². The fraction of sp³-hybridized carbons (Fsp3) is 0.368. The summed E-state index contributed by atoms with van der Waals surface area (Å²) in [7, 11) is 0. The van der Waals surface area contributed by atoms with E-state index in [-0.39, 0.29) is 0 Å². The maximum absolute atomic E-state index is 2.47. The van der Waals surface area contributed by atoms with Crippen LogP contribution in [-0.2, 0) is 13.0 Å². The van der Waals surface area contributed by atoms with Crippen LogP contribution in [0.4, 0.5) is 0 Å². The molecule has 1 nitrogen and oxygen atoms in total. The highest BCUT2D eigenvalue weighted by Crippen LogP contribution is 2.30. The van der Waals surface area contributed by atoms with Crippen LogP contribution in [0.1, 0.15) is 38.7 Å². The van der Waals surface area contributed by atoms with Crippen molar-refractivity contribution in [2.75, 3.05) is 0 Å². The van der Waals surface area contributed by atoms with E-state index in [0.717, 1.165) is 6.54 Å². The van der Waals surface area contributed by atoms with E-state index in [1.54, 1.807) is 0 Å². The molecule has 0 fully saturated rings. The minimum atomic E-state index is 1.10. The van der Waals surface area contributed by atoms with Crippen molar-refractivity contribution in [3.05, 3.63) is 48.0 Å². The van der Waals surface area contributed by atoms with Gasteiger partial charge in [0.1, 0.15) is 0 Å². The van der Waals surface area contributed by atoms with Crippen molar-refractivity contribution in [2.24, 2.45) is 0 Å². The molecule has 0 atom stereocenters. The molecule has 0 aliphatic carbocycles. The van der Waals surface area contributed by atoms with Gasteiger partial charge in [-0.3, -0.25) is 0 Å². The average Bonchev–Trinajstić information content (AvgIpc) is 2.80. The van der Waals surface area contributed by atoms with Crippen LogP contribution >= 0.6 is 0 Å². The lowest BCUT2D eigenvalue weighted by molar-refractivity contribution is 0.723. The van der Waals surface area contributed by atoms with Crippen LogP contribution in [0.25, 0.3) is 21.8 Å². The first-order valence-electron chi connectivity index (χ1n) is 7.85. The van der Waals surface area contributed by atoms with Gasteiger partial charge in [-0.2, -0.15) is 0 Å². The van der Waals surface area contributed by atoms with Gasteiger partial charge in [-0.1, -0.05) is 44.5 Å². The third-order valence-electron chi connectivity index (χ3n) is 4.10. The zero-order chi connectivity index (χ0) is 13.9. The Labute approximate surface area is 121 Å². The van der Waals surface area contributed by atoms with Crippen LogP contribution < -0.4 is 0 Å². The molecule has 1 heteroatoms. The minimum absolute atomic E-state index is 1.10. The first-order chi connectivity index (χ1) is 9.85. The number of nitrogens with zero attached hydrogens (tertiary/aromatic N) is 1. The van der Waals surface area contributed by atoms with Gasteiger partial charge in [0.15, 0.2) is 0 Å². The number of hydrogen-bond acceptors (Lipinski definition) is 0. The molecule has 0 amide bonds. The lowest BCUT2D eigenvalue weighted by Gasteiger charge is -2.05. The summed E-state index contributed by atoms with van der Waals surface area (Å²) in [6, 6.07) is 15.8. The summed E-state index contributed by atoms with van der Waals surface area (Å²) in [5, 5.41) is 2.82. The molecule has 0 aliphatic rings. The first-order valence-corrected chi connectivity index (χ1v) is 7.85. The number of hydrogen-bond donors (Lipinski definition) is 0. The normalized spacial score (nSPS) is 11.5. The van der Waals surface area contributed by atoms with E-state index < -0.39 is 0 Å². The van der Waals surface area contributed by atoms with E-state index in [9.17, 15) is 0 Å². The molecule has 0 bridgehead atoms. The summed E-state index contributed by atoms with van der Waals surface area (Å²) < 4.78 is 2.47. The average molecular weight is 265 g/mol. The van der Waals surface area contributed by atoms with Gasteiger partial charge in [0.05, 0.1) is 0 Å². The van der Waals surface area contributed by atoms with Crippen molar-refractivity contribution < 1.29 is 0 Å². The van der Waals surface area contributed by atoms with Crippen LogP contribution in [0.15, 0.2) is 42.5 Å². The lowest BCUT2D eigenvalue weighted by atomic mass is 10.0. The molecule has 2 aromatic carbocycles. The molecular formula is C19H23N. The molecule has 0 spiro atoms. The van der Waals surface area contributed by atoms with Crippen molar-refractivity contribution in [2.45, 2.75) is 46.1 Å². The molecular weight excluding hydrogens is 242 g/mol. The molecule has 1 aromatic heterocycles. The number of rotatable bonds is 5. The van der Waals surface area contributed by atoms with Gasteiger partial charge < -0.3 is 4.57 Å². The van der Waals surface area contributed by atoms with Crippen molar-refractivity contribution in [3.63, 3.8) is 0 Å². The van der Waals surface area contributed by atoms with Crippen LogP contribution in [0, 0.1) is 0 Å². The third kappa shape index (κ3) is 2.22. The Kier molecular flexibility index (Phi) is 3.77. The highest BCUT2D eigenvalue weighted by Gasteiger charge is 2.09. The number of aryl methyl sites for hydroxylation is 2. The monoisotopic (exact) mass is 265 g/mol. The topological polar surface area (TPSA) is 4.93 Å².